The zero-order valence-electron chi connectivity index (χ0n) is 12.7. The summed E-state index contributed by atoms with van der Waals surface area (Å²) in [4.78, 5) is 20.7. The molecule has 0 saturated heterocycles. The Hall–Kier alpha value is -2.28. The number of rotatable bonds is 4. The standard InChI is InChI=1S/C16H19N5O2/c22-7-13-10-1-2-11(5-10)15(13)20-16(23)12-3-4-18-14(6-12)21-9-17-8-19-21/h3-4,6,8-11,13,15,22H,1-2,5,7H2,(H,20,23). The summed E-state index contributed by atoms with van der Waals surface area (Å²) in [5.41, 5.74) is 0.546. The predicted octanol–water partition coefficient (Wildman–Crippen LogP) is 0.799. The highest BCUT2D eigenvalue weighted by Gasteiger charge is 2.47. The van der Waals surface area contributed by atoms with E-state index in [4.69, 9.17) is 0 Å². The molecule has 0 aromatic carbocycles. The van der Waals surface area contributed by atoms with E-state index in [-0.39, 0.29) is 24.5 Å². The largest absolute Gasteiger partial charge is 0.396 e. The van der Waals surface area contributed by atoms with Gasteiger partial charge in [0.15, 0.2) is 5.82 Å². The fourth-order valence-corrected chi connectivity index (χ4v) is 4.14. The molecule has 2 heterocycles. The van der Waals surface area contributed by atoms with Crippen LogP contribution in [0.25, 0.3) is 5.82 Å². The molecule has 2 aromatic rings. The van der Waals surface area contributed by atoms with Crippen LogP contribution in [0.2, 0.25) is 0 Å². The molecule has 4 rings (SSSR count). The van der Waals surface area contributed by atoms with Gasteiger partial charge in [0, 0.05) is 30.3 Å². The fraction of sp³-hybridized carbons (Fsp3) is 0.500. The molecule has 2 aliphatic carbocycles. The molecule has 2 aliphatic rings. The van der Waals surface area contributed by atoms with Crippen LogP contribution in [-0.2, 0) is 0 Å². The van der Waals surface area contributed by atoms with Gasteiger partial charge in [0.25, 0.3) is 5.91 Å². The zero-order valence-corrected chi connectivity index (χ0v) is 12.7. The van der Waals surface area contributed by atoms with Gasteiger partial charge < -0.3 is 10.4 Å². The number of carbonyl (C=O) groups is 1. The van der Waals surface area contributed by atoms with E-state index in [9.17, 15) is 9.90 Å². The Morgan fingerprint density at radius 2 is 2.26 bits per heavy atom. The molecule has 0 spiro atoms. The van der Waals surface area contributed by atoms with Crippen molar-refractivity contribution in [1.82, 2.24) is 25.1 Å². The summed E-state index contributed by atoms with van der Waals surface area (Å²) in [5, 5.41) is 16.8. The molecule has 120 valence electrons. The molecule has 7 nitrogen and oxygen atoms in total. The number of nitrogens with one attached hydrogen (secondary N) is 1. The van der Waals surface area contributed by atoms with Gasteiger partial charge in [-0.1, -0.05) is 0 Å². The van der Waals surface area contributed by atoms with Crippen molar-refractivity contribution in [3.8, 4) is 5.82 Å². The zero-order chi connectivity index (χ0) is 15.8. The van der Waals surface area contributed by atoms with Crippen LogP contribution in [0.5, 0.6) is 0 Å². The molecule has 4 unspecified atom stereocenters. The van der Waals surface area contributed by atoms with Crippen molar-refractivity contribution in [3.05, 3.63) is 36.5 Å². The Balaban J connectivity index is 1.52. The topological polar surface area (TPSA) is 92.9 Å². The molecule has 0 radical (unpaired) electrons. The van der Waals surface area contributed by atoms with Crippen LogP contribution in [0.15, 0.2) is 31.0 Å². The lowest BCUT2D eigenvalue weighted by Crippen LogP contribution is -2.45. The summed E-state index contributed by atoms with van der Waals surface area (Å²) in [7, 11) is 0. The van der Waals surface area contributed by atoms with Gasteiger partial charge in [-0.05, 0) is 43.2 Å². The quantitative estimate of drug-likeness (QED) is 0.871. The van der Waals surface area contributed by atoms with Crippen molar-refractivity contribution in [2.45, 2.75) is 25.3 Å². The average molecular weight is 313 g/mol. The third-order valence-corrected chi connectivity index (χ3v) is 5.26. The van der Waals surface area contributed by atoms with Crippen molar-refractivity contribution < 1.29 is 9.90 Å². The second-order valence-corrected chi connectivity index (χ2v) is 6.42. The number of aromatic nitrogens is 4. The normalized spacial score (nSPS) is 28.9. The summed E-state index contributed by atoms with van der Waals surface area (Å²) in [6.07, 6.45) is 8.00. The van der Waals surface area contributed by atoms with Crippen molar-refractivity contribution >= 4 is 5.91 Å². The summed E-state index contributed by atoms with van der Waals surface area (Å²) < 4.78 is 1.52. The molecule has 2 N–H and O–H groups in total. The SMILES string of the molecule is O=C(NC1C2CCC(C2)C1CO)c1ccnc(-n2cncn2)c1. The number of hydrogen-bond acceptors (Lipinski definition) is 5. The highest BCUT2D eigenvalue weighted by Crippen LogP contribution is 2.48. The summed E-state index contributed by atoms with van der Waals surface area (Å²) in [6, 6.07) is 3.47. The van der Waals surface area contributed by atoms with Gasteiger partial charge in [0.2, 0.25) is 0 Å². The summed E-state index contributed by atoms with van der Waals surface area (Å²) in [5.74, 6) is 1.68. The van der Waals surface area contributed by atoms with E-state index < -0.39 is 0 Å². The molecule has 4 atom stereocenters. The second-order valence-electron chi connectivity index (χ2n) is 6.42. The van der Waals surface area contributed by atoms with E-state index >= 15 is 0 Å². The summed E-state index contributed by atoms with van der Waals surface area (Å²) >= 11 is 0. The number of aliphatic hydroxyl groups excluding tert-OH is 1. The third-order valence-electron chi connectivity index (χ3n) is 5.26. The Morgan fingerprint density at radius 1 is 1.39 bits per heavy atom. The van der Waals surface area contributed by atoms with E-state index in [2.05, 4.69) is 20.4 Å². The van der Waals surface area contributed by atoms with Gasteiger partial charge in [-0.2, -0.15) is 5.10 Å². The third kappa shape index (κ3) is 2.50. The summed E-state index contributed by atoms with van der Waals surface area (Å²) in [6.45, 7) is 0.146. The lowest BCUT2D eigenvalue weighted by atomic mass is 9.85. The van der Waals surface area contributed by atoms with Crippen molar-refractivity contribution in [3.63, 3.8) is 0 Å². The minimum absolute atomic E-state index is 0.0780. The van der Waals surface area contributed by atoms with E-state index in [1.54, 1.807) is 24.7 Å². The molecular weight excluding hydrogens is 294 g/mol. The first-order valence-corrected chi connectivity index (χ1v) is 7.99. The number of carbonyl (C=O) groups excluding carboxylic acids is 1. The first-order valence-electron chi connectivity index (χ1n) is 7.99. The Labute approximate surface area is 133 Å². The lowest BCUT2D eigenvalue weighted by molar-refractivity contribution is 0.0861. The number of aliphatic hydroxyl groups is 1. The maximum atomic E-state index is 12.6. The first kappa shape index (κ1) is 14.3. The predicted molar refractivity (Wildman–Crippen MR) is 81.8 cm³/mol. The van der Waals surface area contributed by atoms with Crippen LogP contribution >= 0.6 is 0 Å². The molecule has 2 saturated carbocycles. The van der Waals surface area contributed by atoms with E-state index in [0.29, 0.717) is 23.2 Å². The number of hydrogen-bond donors (Lipinski definition) is 2. The van der Waals surface area contributed by atoms with Gasteiger partial charge in [-0.15, -0.1) is 0 Å². The van der Waals surface area contributed by atoms with Gasteiger partial charge >= 0.3 is 0 Å². The minimum Gasteiger partial charge on any atom is -0.396 e. The van der Waals surface area contributed by atoms with Crippen LogP contribution in [0.4, 0.5) is 0 Å². The number of pyridine rings is 1. The molecule has 1 amide bonds. The maximum absolute atomic E-state index is 12.6. The van der Waals surface area contributed by atoms with E-state index in [1.165, 1.54) is 17.4 Å². The molecular formula is C16H19N5O2. The van der Waals surface area contributed by atoms with Crippen LogP contribution < -0.4 is 5.32 Å². The Bertz CT molecular complexity index is 702. The highest BCUT2D eigenvalue weighted by atomic mass is 16.3. The Kier molecular flexibility index (Phi) is 3.57. The molecule has 23 heavy (non-hydrogen) atoms. The van der Waals surface area contributed by atoms with E-state index in [0.717, 1.165) is 12.8 Å². The first-order chi connectivity index (χ1) is 11.3. The number of amides is 1. The van der Waals surface area contributed by atoms with Crippen molar-refractivity contribution in [2.24, 2.45) is 17.8 Å². The molecule has 2 aromatic heterocycles. The van der Waals surface area contributed by atoms with Gasteiger partial charge in [-0.25, -0.2) is 14.6 Å². The van der Waals surface area contributed by atoms with Gasteiger partial charge in [0.05, 0.1) is 0 Å². The van der Waals surface area contributed by atoms with Crippen LogP contribution in [0.3, 0.4) is 0 Å². The lowest BCUT2D eigenvalue weighted by Gasteiger charge is -2.30. The highest BCUT2D eigenvalue weighted by molar-refractivity contribution is 5.94. The van der Waals surface area contributed by atoms with Crippen molar-refractivity contribution in [1.29, 1.82) is 0 Å². The molecule has 2 fully saturated rings. The average Bonchev–Trinajstić information content (AvgIpc) is 3.32. The minimum atomic E-state index is -0.121. The van der Waals surface area contributed by atoms with E-state index in [1.807, 2.05) is 0 Å². The maximum Gasteiger partial charge on any atom is 0.251 e. The van der Waals surface area contributed by atoms with Crippen molar-refractivity contribution in [2.75, 3.05) is 6.61 Å². The smallest absolute Gasteiger partial charge is 0.251 e. The number of fused-ring (bicyclic) bond motifs is 2. The molecule has 7 heteroatoms. The fourth-order valence-electron chi connectivity index (χ4n) is 4.14. The van der Waals surface area contributed by atoms with Gasteiger partial charge in [-0.3, -0.25) is 4.79 Å². The second kappa shape index (κ2) is 5.73. The molecule has 2 bridgehead atoms. The molecule has 0 aliphatic heterocycles. The monoisotopic (exact) mass is 313 g/mol. The van der Waals surface area contributed by atoms with Gasteiger partial charge in [0.1, 0.15) is 12.7 Å². The van der Waals surface area contributed by atoms with Crippen LogP contribution in [0.1, 0.15) is 29.6 Å². The van der Waals surface area contributed by atoms with Crippen LogP contribution in [0, 0.1) is 17.8 Å². The number of nitrogens with zero attached hydrogens (tertiary/aromatic N) is 4. The van der Waals surface area contributed by atoms with Crippen LogP contribution in [-0.4, -0.2) is 43.4 Å². The Morgan fingerprint density at radius 3 is 3.04 bits per heavy atom.